The summed E-state index contributed by atoms with van der Waals surface area (Å²) in [4.78, 5) is 11.3. The van der Waals surface area contributed by atoms with Crippen LogP contribution in [0.4, 0.5) is 0 Å². The predicted octanol–water partition coefficient (Wildman–Crippen LogP) is 2.84. The summed E-state index contributed by atoms with van der Waals surface area (Å²) in [7, 11) is 0. The Morgan fingerprint density at radius 3 is 2.18 bits per heavy atom. The van der Waals surface area contributed by atoms with E-state index in [0.717, 1.165) is 11.1 Å². The van der Waals surface area contributed by atoms with Crippen molar-refractivity contribution in [1.82, 2.24) is 5.32 Å². The zero-order chi connectivity index (χ0) is 15.6. The van der Waals surface area contributed by atoms with Crippen LogP contribution < -0.4 is 5.32 Å². The van der Waals surface area contributed by atoms with Gasteiger partial charge in [0.1, 0.15) is 6.04 Å². The van der Waals surface area contributed by atoms with Crippen LogP contribution in [0.25, 0.3) is 0 Å². The average Bonchev–Trinajstić information content (AvgIpc) is 2.55. The van der Waals surface area contributed by atoms with Crippen molar-refractivity contribution in [3.63, 3.8) is 0 Å². The molecule has 0 saturated carbocycles. The first-order valence-corrected chi connectivity index (χ1v) is 7.37. The van der Waals surface area contributed by atoms with Crippen molar-refractivity contribution in [2.75, 3.05) is 6.61 Å². The lowest BCUT2D eigenvalue weighted by molar-refractivity contribution is -0.140. The molecule has 2 aromatic rings. The molecule has 116 valence electrons. The van der Waals surface area contributed by atoms with Gasteiger partial charge in [-0.05, 0) is 17.5 Å². The fourth-order valence-corrected chi connectivity index (χ4v) is 2.12. The van der Waals surface area contributed by atoms with Crippen LogP contribution in [0.3, 0.4) is 0 Å². The van der Waals surface area contributed by atoms with Gasteiger partial charge in [-0.3, -0.25) is 4.79 Å². The van der Waals surface area contributed by atoms with Crippen molar-refractivity contribution in [2.24, 2.45) is 0 Å². The first kappa shape index (κ1) is 16.2. The Kier molecular flexibility index (Phi) is 6.61. The predicted molar refractivity (Wildman–Crippen MR) is 85.4 cm³/mol. The molecule has 2 N–H and O–H groups in total. The Labute approximate surface area is 130 Å². The van der Waals surface area contributed by atoms with Gasteiger partial charge in [-0.1, -0.05) is 60.7 Å². The van der Waals surface area contributed by atoms with Crippen molar-refractivity contribution in [3.8, 4) is 0 Å². The largest absolute Gasteiger partial charge is 0.480 e. The van der Waals surface area contributed by atoms with Gasteiger partial charge in [-0.25, -0.2) is 0 Å². The number of ether oxygens (including phenoxy) is 1. The van der Waals surface area contributed by atoms with Gasteiger partial charge >= 0.3 is 5.97 Å². The summed E-state index contributed by atoms with van der Waals surface area (Å²) in [6.07, 6.45) is 0.439. The summed E-state index contributed by atoms with van der Waals surface area (Å²) in [5.41, 5.74) is 2.16. The Bertz CT molecular complexity index is 557. The molecule has 0 bridgehead atoms. The lowest BCUT2D eigenvalue weighted by atomic mass is 10.2. The number of hydrogen-bond acceptors (Lipinski definition) is 3. The summed E-state index contributed by atoms with van der Waals surface area (Å²) in [6.45, 7) is 1.45. The van der Waals surface area contributed by atoms with E-state index in [1.54, 1.807) is 0 Å². The van der Waals surface area contributed by atoms with Crippen LogP contribution >= 0.6 is 0 Å². The molecule has 0 heterocycles. The molecular weight excluding hydrogens is 278 g/mol. The van der Waals surface area contributed by atoms with Gasteiger partial charge < -0.3 is 15.2 Å². The average molecular weight is 299 g/mol. The molecule has 0 aromatic heterocycles. The molecule has 0 fully saturated rings. The first-order chi connectivity index (χ1) is 10.8. The molecule has 2 aromatic carbocycles. The highest BCUT2D eigenvalue weighted by atomic mass is 16.5. The fourth-order valence-electron chi connectivity index (χ4n) is 2.12. The van der Waals surface area contributed by atoms with Gasteiger partial charge in [0.15, 0.2) is 0 Å². The van der Waals surface area contributed by atoms with E-state index in [1.807, 2.05) is 60.7 Å². The number of nitrogens with one attached hydrogen (secondary N) is 1. The molecule has 0 aliphatic heterocycles. The molecule has 0 aliphatic rings. The Morgan fingerprint density at radius 2 is 1.59 bits per heavy atom. The maximum Gasteiger partial charge on any atom is 0.320 e. The maximum atomic E-state index is 11.3. The van der Waals surface area contributed by atoms with Crippen molar-refractivity contribution in [3.05, 3.63) is 71.8 Å². The van der Waals surface area contributed by atoms with Crippen molar-refractivity contribution >= 4 is 5.97 Å². The number of hydrogen-bond donors (Lipinski definition) is 2. The van der Waals surface area contributed by atoms with Crippen LogP contribution in [0.15, 0.2) is 60.7 Å². The molecule has 1 atom stereocenters. The quantitative estimate of drug-likeness (QED) is 0.699. The highest BCUT2D eigenvalue weighted by molar-refractivity contribution is 5.73. The second-order valence-corrected chi connectivity index (χ2v) is 5.08. The van der Waals surface area contributed by atoms with Crippen LogP contribution in [-0.2, 0) is 22.7 Å². The van der Waals surface area contributed by atoms with E-state index in [4.69, 9.17) is 4.74 Å². The Balaban J connectivity index is 1.71. The minimum atomic E-state index is -0.848. The second kappa shape index (κ2) is 8.97. The molecule has 4 nitrogen and oxygen atoms in total. The lowest BCUT2D eigenvalue weighted by Crippen LogP contribution is -2.37. The zero-order valence-corrected chi connectivity index (χ0v) is 12.4. The van der Waals surface area contributed by atoms with E-state index in [0.29, 0.717) is 26.2 Å². The van der Waals surface area contributed by atoms with Crippen molar-refractivity contribution < 1.29 is 14.6 Å². The van der Waals surface area contributed by atoms with Crippen LogP contribution in [0.1, 0.15) is 17.5 Å². The zero-order valence-electron chi connectivity index (χ0n) is 12.4. The number of carboxylic acid groups (broad SMARTS) is 1. The van der Waals surface area contributed by atoms with Crippen molar-refractivity contribution in [1.29, 1.82) is 0 Å². The highest BCUT2D eigenvalue weighted by Crippen LogP contribution is 2.03. The number of rotatable bonds is 9. The first-order valence-electron chi connectivity index (χ1n) is 7.37. The molecule has 0 radical (unpaired) electrons. The van der Waals surface area contributed by atoms with Gasteiger partial charge in [-0.2, -0.15) is 0 Å². The fraction of sp³-hybridized carbons (Fsp3) is 0.278. The van der Waals surface area contributed by atoms with Gasteiger partial charge in [0.2, 0.25) is 0 Å². The number of aliphatic carboxylic acids is 1. The van der Waals surface area contributed by atoms with Gasteiger partial charge in [0, 0.05) is 13.2 Å². The molecule has 4 heteroatoms. The third-order valence-electron chi connectivity index (χ3n) is 3.36. The Hall–Kier alpha value is -2.17. The minimum Gasteiger partial charge on any atom is -0.480 e. The monoisotopic (exact) mass is 299 g/mol. The Morgan fingerprint density at radius 1 is 1.00 bits per heavy atom. The summed E-state index contributed by atoms with van der Waals surface area (Å²) >= 11 is 0. The molecule has 22 heavy (non-hydrogen) atoms. The molecule has 0 spiro atoms. The maximum absolute atomic E-state index is 11.3. The molecule has 0 saturated heterocycles. The van der Waals surface area contributed by atoms with E-state index in [1.165, 1.54) is 0 Å². The van der Waals surface area contributed by atoms with E-state index in [2.05, 4.69) is 5.32 Å². The highest BCUT2D eigenvalue weighted by Gasteiger charge is 2.16. The van der Waals surface area contributed by atoms with Crippen LogP contribution in [-0.4, -0.2) is 23.7 Å². The SMILES string of the molecule is O=C(O)[C@H](CCOCc1ccccc1)NCc1ccccc1. The summed E-state index contributed by atoms with van der Waals surface area (Å²) in [5.74, 6) is -0.848. The minimum absolute atomic E-state index is 0.410. The molecular formula is C18H21NO3. The summed E-state index contributed by atoms with van der Waals surface area (Å²) in [6, 6.07) is 19.0. The van der Waals surface area contributed by atoms with E-state index in [-0.39, 0.29) is 0 Å². The van der Waals surface area contributed by atoms with E-state index in [9.17, 15) is 9.90 Å². The van der Waals surface area contributed by atoms with Gasteiger partial charge in [-0.15, -0.1) is 0 Å². The smallest absolute Gasteiger partial charge is 0.320 e. The second-order valence-electron chi connectivity index (χ2n) is 5.08. The topological polar surface area (TPSA) is 58.6 Å². The third-order valence-corrected chi connectivity index (χ3v) is 3.36. The molecule has 0 unspecified atom stereocenters. The number of carboxylic acids is 1. The summed E-state index contributed by atoms with van der Waals surface area (Å²) < 4.78 is 5.55. The van der Waals surface area contributed by atoms with Gasteiger partial charge in [0.25, 0.3) is 0 Å². The number of carbonyl (C=O) groups is 1. The van der Waals surface area contributed by atoms with E-state index >= 15 is 0 Å². The van der Waals surface area contributed by atoms with Gasteiger partial charge in [0.05, 0.1) is 6.61 Å². The molecule has 0 amide bonds. The third kappa shape index (κ3) is 5.68. The molecule has 0 aliphatic carbocycles. The molecule has 2 rings (SSSR count). The van der Waals surface area contributed by atoms with Crippen LogP contribution in [0.2, 0.25) is 0 Å². The van der Waals surface area contributed by atoms with E-state index < -0.39 is 12.0 Å². The standard InChI is InChI=1S/C18H21NO3/c20-18(21)17(19-13-15-7-3-1-4-8-15)11-12-22-14-16-9-5-2-6-10-16/h1-10,17,19H,11-14H2,(H,20,21)/t17-/m0/s1. The number of benzene rings is 2. The summed E-state index contributed by atoms with van der Waals surface area (Å²) in [5, 5.41) is 12.3. The van der Waals surface area contributed by atoms with Crippen LogP contribution in [0.5, 0.6) is 0 Å². The van der Waals surface area contributed by atoms with Crippen molar-refractivity contribution in [2.45, 2.75) is 25.6 Å². The lowest BCUT2D eigenvalue weighted by Gasteiger charge is -2.14. The normalized spacial score (nSPS) is 12.0. The van der Waals surface area contributed by atoms with Crippen LogP contribution in [0, 0.1) is 0 Å².